The van der Waals surface area contributed by atoms with Crippen molar-refractivity contribution >= 4 is 60.8 Å². The van der Waals surface area contributed by atoms with Crippen LogP contribution in [0.5, 0.6) is 0 Å². The molecule has 0 bridgehead atoms. The van der Waals surface area contributed by atoms with E-state index in [0.717, 1.165) is 6.07 Å². The smallest absolute Gasteiger partial charge is 0.267 e. The molecule has 0 unspecified atom stereocenters. The number of hydrogen-bond donors (Lipinski definition) is 2. The van der Waals surface area contributed by atoms with Crippen LogP contribution in [0.2, 0.25) is 10.2 Å². The number of sulfonamides is 1. The Bertz CT molecular complexity index is 819. The number of nitrogens with zero attached hydrogens (tertiary/aromatic N) is 2. The number of benzene rings is 1. The van der Waals surface area contributed by atoms with Gasteiger partial charge in [0.2, 0.25) is 5.95 Å². The van der Waals surface area contributed by atoms with Crippen LogP contribution in [0.4, 0.5) is 16.0 Å². The first-order valence-corrected chi connectivity index (χ1v) is 8.20. The van der Waals surface area contributed by atoms with E-state index in [4.69, 9.17) is 28.9 Å². The van der Waals surface area contributed by atoms with Crippen molar-refractivity contribution in [2.24, 2.45) is 0 Å². The lowest BCUT2D eigenvalue weighted by Gasteiger charge is -2.11. The van der Waals surface area contributed by atoms with Crippen molar-refractivity contribution in [1.29, 1.82) is 0 Å². The Hall–Kier alpha value is -1.16. The molecule has 0 fully saturated rings. The molecule has 0 saturated heterocycles. The average molecular weight is 416 g/mol. The minimum atomic E-state index is -4.32. The number of nitrogens with two attached hydrogens (primary N) is 1. The second kappa shape index (κ2) is 5.91. The zero-order chi connectivity index (χ0) is 15.8. The number of nitrogen functional groups attached to an aromatic ring is 1. The van der Waals surface area contributed by atoms with E-state index >= 15 is 0 Å². The van der Waals surface area contributed by atoms with Crippen molar-refractivity contribution < 1.29 is 12.8 Å². The number of anilines is 2. The third kappa shape index (κ3) is 3.37. The molecule has 0 atom stereocenters. The van der Waals surface area contributed by atoms with Gasteiger partial charge in [0.05, 0.1) is 15.2 Å². The van der Waals surface area contributed by atoms with E-state index < -0.39 is 26.4 Å². The Kier molecular flexibility index (Phi) is 4.57. The van der Waals surface area contributed by atoms with E-state index in [1.54, 1.807) is 0 Å². The number of hydrogen-bond acceptors (Lipinski definition) is 5. The van der Waals surface area contributed by atoms with Crippen LogP contribution in [-0.4, -0.2) is 18.4 Å². The summed E-state index contributed by atoms with van der Waals surface area (Å²) in [6.07, 6.45) is 1.24. The van der Waals surface area contributed by atoms with Gasteiger partial charge in [-0.3, -0.25) is 0 Å². The molecule has 0 radical (unpaired) electrons. The molecular formula is C10H6BrCl2FN4O2S. The van der Waals surface area contributed by atoms with Crippen molar-refractivity contribution in [1.82, 2.24) is 9.97 Å². The van der Waals surface area contributed by atoms with Gasteiger partial charge in [-0.1, -0.05) is 23.2 Å². The standard InChI is InChI=1S/C10H6BrCl2FN4O2S/c11-7-4(12)3-5(8(14)9(7)15)21(19,20)18-10-16-2-1-6(13)17-10/h1-3H,15H2,(H,16,17,18). The maximum Gasteiger partial charge on any atom is 0.267 e. The molecule has 0 saturated carbocycles. The molecule has 1 heterocycles. The number of rotatable bonds is 3. The zero-order valence-electron chi connectivity index (χ0n) is 9.94. The lowest BCUT2D eigenvalue weighted by molar-refractivity contribution is 0.572. The Morgan fingerprint density at radius 3 is 2.67 bits per heavy atom. The maximum atomic E-state index is 14.0. The van der Waals surface area contributed by atoms with E-state index in [1.165, 1.54) is 12.3 Å². The van der Waals surface area contributed by atoms with Crippen LogP contribution in [-0.2, 0) is 10.0 Å². The molecule has 11 heteroatoms. The molecule has 0 aliphatic rings. The molecule has 112 valence electrons. The number of nitrogens with one attached hydrogen (secondary N) is 1. The second-order valence-electron chi connectivity index (χ2n) is 3.71. The largest absolute Gasteiger partial charge is 0.395 e. The van der Waals surface area contributed by atoms with Crippen molar-refractivity contribution in [3.05, 3.63) is 38.8 Å². The minimum Gasteiger partial charge on any atom is -0.395 e. The summed E-state index contributed by atoms with van der Waals surface area (Å²) in [7, 11) is -4.32. The highest BCUT2D eigenvalue weighted by atomic mass is 79.9. The van der Waals surface area contributed by atoms with Crippen molar-refractivity contribution in [2.75, 3.05) is 10.5 Å². The van der Waals surface area contributed by atoms with E-state index in [-0.39, 0.29) is 20.6 Å². The topological polar surface area (TPSA) is 98.0 Å². The van der Waals surface area contributed by atoms with Crippen molar-refractivity contribution in [3.63, 3.8) is 0 Å². The Morgan fingerprint density at radius 1 is 1.38 bits per heavy atom. The summed E-state index contributed by atoms with van der Waals surface area (Å²) in [5, 5.41) is -0.0298. The quantitative estimate of drug-likeness (QED) is 0.456. The molecule has 0 spiro atoms. The van der Waals surface area contributed by atoms with Gasteiger partial charge in [-0.25, -0.2) is 27.5 Å². The van der Waals surface area contributed by atoms with Gasteiger partial charge in [0.25, 0.3) is 10.0 Å². The average Bonchev–Trinajstić information content (AvgIpc) is 2.40. The van der Waals surface area contributed by atoms with Crippen LogP contribution in [0.15, 0.2) is 27.7 Å². The second-order valence-corrected chi connectivity index (χ2v) is 6.94. The number of aromatic nitrogens is 2. The number of halogens is 4. The molecule has 0 amide bonds. The monoisotopic (exact) mass is 414 g/mol. The molecule has 21 heavy (non-hydrogen) atoms. The van der Waals surface area contributed by atoms with E-state index in [1.807, 2.05) is 4.72 Å². The Morgan fingerprint density at radius 2 is 2.05 bits per heavy atom. The first-order chi connectivity index (χ1) is 9.72. The third-order valence-electron chi connectivity index (χ3n) is 2.29. The minimum absolute atomic E-state index is 0.0246. The molecule has 0 aliphatic carbocycles. The molecule has 6 nitrogen and oxygen atoms in total. The summed E-state index contributed by atoms with van der Waals surface area (Å²) in [6, 6.07) is 2.28. The molecule has 2 rings (SSSR count). The van der Waals surface area contributed by atoms with Crippen LogP contribution in [0.1, 0.15) is 0 Å². The van der Waals surface area contributed by atoms with Gasteiger partial charge < -0.3 is 5.73 Å². The zero-order valence-corrected chi connectivity index (χ0v) is 13.9. The lowest BCUT2D eigenvalue weighted by atomic mass is 10.3. The summed E-state index contributed by atoms with van der Waals surface area (Å²) < 4.78 is 40.4. The Balaban J connectivity index is 2.50. The third-order valence-corrected chi connectivity index (χ3v) is 5.21. The maximum absolute atomic E-state index is 14.0. The van der Waals surface area contributed by atoms with Crippen LogP contribution in [0, 0.1) is 5.82 Å². The van der Waals surface area contributed by atoms with Crippen molar-refractivity contribution in [3.8, 4) is 0 Å². The molecule has 0 aliphatic heterocycles. The highest BCUT2D eigenvalue weighted by Gasteiger charge is 2.25. The van der Waals surface area contributed by atoms with Gasteiger partial charge in [-0.2, -0.15) is 0 Å². The summed E-state index contributed by atoms with van der Waals surface area (Å²) in [5.74, 6) is -1.44. The molecule has 1 aromatic carbocycles. The fraction of sp³-hybridized carbons (Fsp3) is 0. The summed E-state index contributed by atoms with van der Waals surface area (Å²) in [6.45, 7) is 0. The first kappa shape index (κ1) is 16.2. The fourth-order valence-corrected chi connectivity index (χ4v) is 3.12. The highest BCUT2D eigenvalue weighted by molar-refractivity contribution is 9.10. The van der Waals surface area contributed by atoms with Gasteiger partial charge in [-0.05, 0) is 28.1 Å². The normalized spacial score (nSPS) is 11.4. The molecule has 3 N–H and O–H groups in total. The van der Waals surface area contributed by atoms with Crippen LogP contribution in [0.3, 0.4) is 0 Å². The highest BCUT2D eigenvalue weighted by Crippen LogP contribution is 2.35. The Labute approximate surface area is 137 Å². The SMILES string of the molecule is Nc1c(F)c(S(=O)(=O)Nc2nccc(Cl)n2)cc(Cl)c1Br. The van der Waals surface area contributed by atoms with Crippen LogP contribution >= 0.6 is 39.1 Å². The van der Waals surface area contributed by atoms with E-state index in [0.29, 0.717) is 0 Å². The van der Waals surface area contributed by atoms with Crippen LogP contribution < -0.4 is 10.5 Å². The van der Waals surface area contributed by atoms with E-state index in [2.05, 4.69) is 25.9 Å². The molecule has 2 aromatic rings. The summed E-state index contributed by atoms with van der Waals surface area (Å²) >= 11 is 14.4. The van der Waals surface area contributed by atoms with Gasteiger partial charge in [0.1, 0.15) is 10.0 Å². The van der Waals surface area contributed by atoms with Gasteiger partial charge in [0.15, 0.2) is 5.82 Å². The predicted molar refractivity (Wildman–Crippen MR) is 81.4 cm³/mol. The fourth-order valence-electron chi connectivity index (χ4n) is 1.36. The van der Waals surface area contributed by atoms with Gasteiger partial charge in [0, 0.05) is 6.20 Å². The predicted octanol–water partition coefficient (Wildman–Crippen LogP) is 3.07. The lowest BCUT2D eigenvalue weighted by Crippen LogP contribution is -2.17. The summed E-state index contributed by atoms with van der Waals surface area (Å²) in [5.41, 5.74) is 5.03. The molecular weight excluding hydrogens is 410 g/mol. The van der Waals surface area contributed by atoms with Gasteiger partial charge >= 0.3 is 0 Å². The van der Waals surface area contributed by atoms with Crippen LogP contribution in [0.25, 0.3) is 0 Å². The van der Waals surface area contributed by atoms with Gasteiger partial charge in [-0.15, -0.1) is 0 Å². The molecule has 1 aromatic heterocycles. The first-order valence-electron chi connectivity index (χ1n) is 5.16. The van der Waals surface area contributed by atoms with E-state index in [9.17, 15) is 12.8 Å². The van der Waals surface area contributed by atoms with Crippen molar-refractivity contribution in [2.45, 2.75) is 4.90 Å². The summed E-state index contributed by atoms with van der Waals surface area (Å²) in [4.78, 5) is 6.58.